The van der Waals surface area contributed by atoms with Gasteiger partial charge in [0.1, 0.15) is 5.37 Å². The van der Waals surface area contributed by atoms with Gasteiger partial charge in [0.2, 0.25) is 5.91 Å². The van der Waals surface area contributed by atoms with Crippen LogP contribution in [0, 0.1) is 0 Å². The predicted molar refractivity (Wildman–Crippen MR) is 76.7 cm³/mol. The quantitative estimate of drug-likeness (QED) is 0.832. The Labute approximate surface area is 118 Å². The fourth-order valence-corrected chi connectivity index (χ4v) is 3.43. The van der Waals surface area contributed by atoms with Crippen LogP contribution in [0.25, 0.3) is 0 Å². The van der Waals surface area contributed by atoms with Gasteiger partial charge in [0.15, 0.2) is 11.5 Å². The number of methoxy groups -OCH3 is 2. The summed E-state index contributed by atoms with van der Waals surface area (Å²) in [5.74, 6) is 2.18. The first-order valence-corrected chi connectivity index (χ1v) is 7.39. The van der Waals surface area contributed by atoms with Crippen LogP contribution in [0.15, 0.2) is 18.2 Å². The highest BCUT2D eigenvalue weighted by molar-refractivity contribution is 8.00. The Hall–Kier alpha value is -1.36. The second-order valence-corrected chi connectivity index (χ2v) is 5.43. The van der Waals surface area contributed by atoms with E-state index in [-0.39, 0.29) is 11.3 Å². The van der Waals surface area contributed by atoms with Crippen molar-refractivity contribution in [2.75, 3.05) is 26.5 Å². The molecule has 5 heteroatoms. The maximum absolute atomic E-state index is 11.9. The van der Waals surface area contributed by atoms with Gasteiger partial charge in [0.25, 0.3) is 0 Å². The molecular formula is C14H19NO3S. The van der Waals surface area contributed by atoms with E-state index in [0.717, 1.165) is 18.5 Å². The molecule has 0 spiro atoms. The molecule has 1 aromatic rings. The van der Waals surface area contributed by atoms with E-state index in [0.29, 0.717) is 17.3 Å². The van der Waals surface area contributed by atoms with Crippen LogP contribution in [0.1, 0.15) is 24.3 Å². The normalized spacial score (nSPS) is 18.8. The number of amides is 1. The van der Waals surface area contributed by atoms with Crippen molar-refractivity contribution in [3.05, 3.63) is 23.8 Å². The summed E-state index contributed by atoms with van der Waals surface area (Å²) in [7, 11) is 3.24. The molecular weight excluding hydrogens is 262 g/mol. The summed E-state index contributed by atoms with van der Waals surface area (Å²) < 4.78 is 10.6. The molecule has 0 saturated carbocycles. The van der Waals surface area contributed by atoms with E-state index < -0.39 is 0 Å². The molecule has 1 aliphatic rings. The van der Waals surface area contributed by atoms with Gasteiger partial charge in [-0.2, -0.15) is 0 Å². The van der Waals surface area contributed by atoms with Crippen molar-refractivity contribution >= 4 is 17.7 Å². The van der Waals surface area contributed by atoms with Crippen molar-refractivity contribution in [3.8, 4) is 11.5 Å². The average molecular weight is 281 g/mol. The summed E-state index contributed by atoms with van der Waals surface area (Å²) >= 11 is 1.66. The zero-order valence-electron chi connectivity index (χ0n) is 11.5. The van der Waals surface area contributed by atoms with E-state index in [2.05, 4.69) is 6.92 Å². The first kappa shape index (κ1) is 14.1. The summed E-state index contributed by atoms with van der Waals surface area (Å²) in [5, 5.41) is 0.0901. The molecule has 0 aromatic heterocycles. The lowest BCUT2D eigenvalue weighted by atomic mass is 10.1. The second kappa shape index (κ2) is 6.19. The van der Waals surface area contributed by atoms with Crippen LogP contribution in [0.5, 0.6) is 11.5 Å². The van der Waals surface area contributed by atoms with E-state index in [1.54, 1.807) is 26.0 Å². The summed E-state index contributed by atoms with van der Waals surface area (Å²) in [6, 6.07) is 5.85. The molecule has 1 saturated heterocycles. The first-order chi connectivity index (χ1) is 9.21. The third kappa shape index (κ3) is 2.81. The van der Waals surface area contributed by atoms with E-state index in [1.165, 1.54) is 0 Å². The summed E-state index contributed by atoms with van der Waals surface area (Å²) in [4.78, 5) is 13.8. The molecule has 1 aliphatic heterocycles. The summed E-state index contributed by atoms with van der Waals surface area (Å²) in [6.07, 6.45) is 0.968. The van der Waals surface area contributed by atoms with Gasteiger partial charge in [-0.05, 0) is 24.1 Å². The fraction of sp³-hybridized carbons (Fsp3) is 0.500. The maximum Gasteiger partial charge on any atom is 0.233 e. The van der Waals surface area contributed by atoms with E-state index >= 15 is 0 Å². The lowest BCUT2D eigenvalue weighted by Gasteiger charge is -2.24. The SMILES string of the molecule is CCCN1C(=O)CSC1c1ccc(OC)c(OC)c1. The molecule has 1 aromatic carbocycles. The van der Waals surface area contributed by atoms with Crippen LogP contribution in [-0.4, -0.2) is 37.3 Å². The molecule has 1 unspecified atom stereocenters. The largest absolute Gasteiger partial charge is 0.493 e. The third-order valence-electron chi connectivity index (χ3n) is 3.13. The number of ether oxygens (including phenoxy) is 2. The van der Waals surface area contributed by atoms with Crippen molar-refractivity contribution in [2.45, 2.75) is 18.7 Å². The molecule has 1 atom stereocenters. The molecule has 0 radical (unpaired) electrons. The highest BCUT2D eigenvalue weighted by atomic mass is 32.2. The Morgan fingerprint density at radius 1 is 1.32 bits per heavy atom. The number of benzene rings is 1. The molecule has 1 heterocycles. The van der Waals surface area contributed by atoms with Gasteiger partial charge in [0, 0.05) is 6.54 Å². The van der Waals surface area contributed by atoms with Crippen LogP contribution >= 0.6 is 11.8 Å². The minimum Gasteiger partial charge on any atom is -0.493 e. The number of hydrogen-bond acceptors (Lipinski definition) is 4. The zero-order valence-corrected chi connectivity index (χ0v) is 12.3. The number of carbonyl (C=O) groups is 1. The first-order valence-electron chi connectivity index (χ1n) is 6.34. The van der Waals surface area contributed by atoms with Crippen LogP contribution in [0.2, 0.25) is 0 Å². The van der Waals surface area contributed by atoms with Crippen LogP contribution in [0.4, 0.5) is 0 Å². The van der Waals surface area contributed by atoms with Crippen LogP contribution in [0.3, 0.4) is 0 Å². The van der Waals surface area contributed by atoms with Crippen molar-refractivity contribution in [1.82, 2.24) is 4.90 Å². The number of carbonyl (C=O) groups excluding carboxylic acids is 1. The van der Waals surface area contributed by atoms with Gasteiger partial charge in [-0.3, -0.25) is 4.79 Å². The third-order valence-corrected chi connectivity index (χ3v) is 4.38. The molecule has 1 amide bonds. The second-order valence-electron chi connectivity index (χ2n) is 4.36. The van der Waals surface area contributed by atoms with Crippen molar-refractivity contribution < 1.29 is 14.3 Å². The highest BCUT2D eigenvalue weighted by Crippen LogP contribution is 2.41. The Balaban J connectivity index is 2.28. The maximum atomic E-state index is 11.9. The monoisotopic (exact) mass is 281 g/mol. The lowest BCUT2D eigenvalue weighted by molar-refractivity contribution is -0.128. The summed E-state index contributed by atoms with van der Waals surface area (Å²) in [6.45, 7) is 2.88. The van der Waals surface area contributed by atoms with E-state index in [1.807, 2.05) is 23.1 Å². The van der Waals surface area contributed by atoms with Gasteiger partial charge in [-0.25, -0.2) is 0 Å². The van der Waals surface area contributed by atoms with Gasteiger partial charge in [-0.1, -0.05) is 13.0 Å². The number of nitrogens with zero attached hydrogens (tertiary/aromatic N) is 1. The smallest absolute Gasteiger partial charge is 0.233 e. The van der Waals surface area contributed by atoms with Gasteiger partial charge < -0.3 is 14.4 Å². The van der Waals surface area contributed by atoms with Crippen molar-refractivity contribution in [3.63, 3.8) is 0 Å². The van der Waals surface area contributed by atoms with E-state index in [4.69, 9.17) is 9.47 Å². The molecule has 2 rings (SSSR count). The predicted octanol–water partition coefficient (Wildman–Crippen LogP) is 2.69. The number of rotatable bonds is 5. The number of thioether (sulfide) groups is 1. The highest BCUT2D eigenvalue weighted by Gasteiger charge is 2.32. The molecule has 4 nitrogen and oxygen atoms in total. The minimum atomic E-state index is 0.0901. The van der Waals surface area contributed by atoms with E-state index in [9.17, 15) is 4.79 Å². The standard InChI is InChI=1S/C14H19NO3S/c1-4-7-15-13(16)9-19-14(15)10-5-6-11(17-2)12(8-10)18-3/h5-6,8,14H,4,7,9H2,1-3H3. The Morgan fingerprint density at radius 2 is 2.05 bits per heavy atom. The van der Waals surface area contributed by atoms with Crippen LogP contribution < -0.4 is 9.47 Å². The molecule has 0 N–H and O–H groups in total. The lowest BCUT2D eigenvalue weighted by Crippen LogP contribution is -2.28. The summed E-state index contributed by atoms with van der Waals surface area (Å²) in [5.41, 5.74) is 1.09. The fourth-order valence-electron chi connectivity index (χ4n) is 2.22. The van der Waals surface area contributed by atoms with Crippen molar-refractivity contribution in [2.24, 2.45) is 0 Å². The molecule has 0 bridgehead atoms. The molecule has 104 valence electrons. The molecule has 0 aliphatic carbocycles. The van der Waals surface area contributed by atoms with Crippen LogP contribution in [-0.2, 0) is 4.79 Å². The molecule has 19 heavy (non-hydrogen) atoms. The van der Waals surface area contributed by atoms with Gasteiger partial charge in [0.05, 0.1) is 20.0 Å². The van der Waals surface area contributed by atoms with Crippen molar-refractivity contribution in [1.29, 1.82) is 0 Å². The Kier molecular flexibility index (Phi) is 4.58. The number of hydrogen-bond donors (Lipinski definition) is 0. The zero-order chi connectivity index (χ0) is 13.8. The molecule has 1 fully saturated rings. The topological polar surface area (TPSA) is 38.8 Å². The minimum absolute atomic E-state index is 0.0901. The average Bonchev–Trinajstić information content (AvgIpc) is 2.80. The Morgan fingerprint density at radius 3 is 2.68 bits per heavy atom. The van der Waals surface area contributed by atoms with Gasteiger partial charge in [-0.15, -0.1) is 11.8 Å². The Bertz CT molecular complexity index is 464. The van der Waals surface area contributed by atoms with Gasteiger partial charge >= 0.3 is 0 Å².